The minimum atomic E-state index is -0.518. The summed E-state index contributed by atoms with van der Waals surface area (Å²) < 4.78 is 0. The summed E-state index contributed by atoms with van der Waals surface area (Å²) in [5, 5.41) is 3.62. The van der Waals surface area contributed by atoms with E-state index in [0.717, 1.165) is 16.8 Å². The molecule has 1 heterocycles. The van der Waals surface area contributed by atoms with Crippen LogP contribution in [0.15, 0.2) is 78.5 Å². The minimum absolute atomic E-state index is 0.0304. The van der Waals surface area contributed by atoms with Gasteiger partial charge in [0.25, 0.3) is 0 Å². The highest BCUT2D eigenvalue weighted by Crippen LogP contribution is 2.43. The summed E-state index contributed by atoms with van der Waals surface area (Å²) in [6.07, 6.45) is 6.28. The second-order valence-corrected chi connectivity index (χ2v) is 7.41. The minimum Gasteiger partial charge on any atom is -0.272 e. The Morgan fingerprint density at radius 1 is 0.923 bits per heavy atom. The van der Waals surface area contributed by atoms with Crippen LogP contribution in [0.25, 0.3) is 6.08 Å². The van der Waals surface area contributed by atoms with E-state index in [1.807, 2.05) is 75.4 Å². The lowest BCUT2D eigenvalue weighted by molar-refractivity contribution is -0.152. The van der Waals surface area contributed by atoms with Gasteiger partial charge in [-0.05, 0) is 17.2 Å². The van der Waals surface area contributed by atoms with Crippen LogP contribution in [0.3, 0.4) is 0 Å². The molecule has 1 atom stereocenters. The SMILES string of the molecule is CN(C)N1C(=O)C(C)(C)C(c2ccccc2)C=C1/C=C/c1ccccc1. The maximum Gasteiger partial charge on any atom is 0.248 e. The number of allylic oxidation sites excluding steroid dienone is 2. The Hall–Kier alpha value is -2.65. The lowest BCUT2D eigenvalue weighted by atomic mass is 9.71. The molecular formula is C23H26N2O. The summed E-state index contributed by atoms with van der Waals surface area (Å²) in [6, 6.07) is 20.4. The van der Waals surface area contributed by atoms with Crippen LogP contribution >= 0.6 is 0 Å². The molecule has 26 heavy (non-hydrogen) atoms. The maximum absolute atomic E-state index is 13.3. The molecule has 134 valence electrons. The zero-order valence-electron chi connectivity index (χ0n) is 15.9. The number of rotatable bonds is 4. The van der Waals surface area contributed by atoms with Crippen molar-refractivity contribution in [1.29, 1.82) is 0 Å². The molecule has 1 aliphatic heterocycles. The zero-order valence-corrected chi connectivity index (χ0v) is 15.9. The molecule has 2 aromatic carbocycles. The van der Waals surface area contributed by atoms with Crippen molar-refractivity contribution in [2.24, 2.45) is 5.41 Å². The molecule has 0 radical (unpaired) electrons. The van der Waals surface area contributed by atoms with Gasteiger partial charge < -0.3 is 0 Å². The highest BCUT2D eigenvalue weighted by atomic mass is 16.2. The molecule has 0 aliphatic carbocycles. The van der Waals surface area contributed by atoms with E-state index in [1.165, 1.54) is 0 Å². The largest absolute Gasteiger partial charge is 0.272 e. The Kier molecular flexibility index (Phi) is 5.10. The van der Waals surface area contributed by atoms with Crippen molar-refractivity contribution in [2.45, 2.75) is 19.8 Å². The third-order valence-electron chi connectivity index (χ3n) is 4.91. The van der Waals surface area contributed by atoms with Crippen molar-refractivity contribution < 1.29 is 4.79 Å². The second kappa shape index (κ2) is 7.30. The van der Waals surface area contributed by atoms with E-state index < -0.39 is 5.41 Å². The van der Waals surface area contributed by atoms with E-state index in [0.29, 0.717) is 0 Å². The summed E-state index contributed by atoms with van der Waals surface area (Å²) in [5.74, 6) is 0.134. The molecule has 0 bridgehead atoms. The van der Waals surface area contributed by atoms with Gasteiger partial charge in [0.15, 0.2) is 0 Å². The zero-order chi connectivity index (χ0) is 18.7. The number of amides is 1. The first-order valence-electron chi connectivity index (χ1n) is 8.93. The predicted octanol–water partition coefficient (Wildman–Crippen LogP) is 4.71. The quantitative estimate of drug-likeness (QED) is 0.800. The lowest BCUT2D eigenvalue weighted by Crippen LogP contribution is -2.51. The van der Waals surface area contributed by atoms with Crippen molar-refractivity contribution in [1.82, 2.24) is 10.0 Å². The first kappa shape index (κ1) is 18.2. The van der Waals surface area contributed by atoms with Crippen molar-refractivity contribution >= 4 is 12.0 Å². The second-order valence-electron chi connectivity index (χ2n) is 7.41. The molecular weight excluding hydrogens is 320 g/mol. The number of nitrogens with zero attached hydrogens (tertiary/aromatic N) is 2. The monoisotopic (exact) mass is 346 g/mol. The average Bonchev–Trinajstić information content (AvgIpc) is 2.63. The van der Waals surface area contributed by atoms with Gasteiger partial charge in [-0.25, -0.2) is 10.0 Å². The Balaban J connectivity index is 2.06. The van der Waals surface area contributed by atoms with Crippen molar-refractivity contribution in [3.05, 3.63) is 89.6 Å². The van der Waals surface area contributed by atoms with Crippen LogP contribution in [0.1, 0.15) is 30.9 Å². The normalized spacial score (nSPS) is 19.9. The van der Waals surface area contributed by atoms with E-state index in [1.54, 1.807) is 5.01 Å². The summed E-state index contributed by atoms with van der Waals surface area (Å²) in [4.78, 5) is 13.3. The van der Waals surface area contributed by atoms with Crippen LogP contribution in [0.2, 0.25) is 0 Å². The van der Waals surface area contributed by atoms with Gasteiger partial charge in [0.2, 0.25) is 5.91 Å². The Morgan fingerprint density at radius 3 is 2.08 bits per heavy atom. The van der Waals surface area contributed by atoms with E-state index in [9.17, 15) is 4.79 Å². The summed E-state index contributed by atoms with van der Waals surface area (Å²) in [5.41, 5.74) is 2.66. The van der Waals surface area contributed by atoms with Gasteiger partial charge in [-0.15, -0.1) is 0 Å². The van der Waals surface area contributed by atoms with Gasteiger partial charge in [-0.2, -0.15) is 0 Å². The molecule has 2 aromatic rings. The van der Waals surface area contributed by atoms with Crippen LogP contribution in [0, 0.1) is 5.41 Å². The number of hydrogen-bond donors (Lipinski definition) is 0. The molecule has 1 aliphatic rings. The van der Waals surface area contributed by atoms with Gasteiger partial charge in [0.05, 0.1) is 11.1 Å². The van der Waals surface area contributed by atoms with Gasteiger partial charge in [0.1, 0.15) is 0 Å². The first-order valence-corrected chi connectivity index (χ1v) is 8.93. The molecule has 1 amide bonds. The Bertz CT molecular complexity index is 820. The smallest absolute Gasteiger partial charge is 0.248 e. The molecule has 0 aromatic heterocycles. The van der Waals surface area contributed by atoms with Gasteiger partial charge in [-0.3, -0.25) is 4.79 Å². The van der Waals surface area contributed by atoms with Gasteiger partial charge >= 0.3 is 0 Å². The molecule has 1 unspecified atom stereocenters. The molecule has 0 fully saturated rings. The predicted molar refractivity (Wildman–Crippen MR) is 107 cm³/mol. The molecule has 0 N–H and O–H groups in total. The van der Waals surface area contributed by atoms with Crippen molar-refractivity contribution in [3.8, 4) is 0 Å². The number of carbonyl (C=O) groups is 1. The third kappa shape index (κ3) is 3.49. The fourth-order valence-electron chi connectivity index (χ4n) is 3.43. The number of hydrogen-bond acceptors (Lipinski definition) is 2. The standard InChI is InChI=1S/C23H26N2O/c1-23(2)21(19-13-9-6-10-14-19)17-20(25(22(23)26)24(3)4)16-15-18-11-7-5-8-12-18/h5-17,21H,1-4H3/b16-15+. The highest BCUT2D eigenvalue weighted by Gasteiger charge is 2.44. The third-order valence-corrected chi connectivity index (χ3v) is 4.91. The average molecular weight is 346 g/mol. The van der Waals surface area contributed by atoms with Gasteiger partial charge in [0, 0.05) is 20.0 Å². The van der Waals surface area contributed by atoms with Crippen molar-refractivity contribution in [3.63, 3.8) is 0 Å². The van der Waals surface area contributed by atoms with Gasteiger partial charge in [-0.1, -0.05) is 86.7 Å². The van der Waals surface area contributed by atoms with E-state index in [2.05, 4.69) is 36.4 Å². The molecule has 0 saturated heterocycles. The first-order chi connectivity index (χ1) is 12.4. The van der Waals surface area contributed by atoms with Crippen molar-refractivity contribution in [2.75, 3.05) is 14.1 Å². The lowest BCUT2D eigenvalue weighted by Gasteiger charge is -2.44. The molecule has 0 spiro atoms. The van der Waals surface area contributed by atoms with Crippen LogP contribution in [0.5, 0.6) is 0 Å². The number of hydrazine groups is 1. The number of benzene rings is 2. The fourth-order valence-corrected chi connectivity index (χ4v) is 3.43. The molecule has 3 heteroatoms. The Labute approximate surface area is 156 Å². The maximum atomic E-state index is 13.3. The molecule has 0 saturated carbocycles. The van der Waals surface area contributed by atoms with Crippen LogP contribution in [-0.2, 0) is 4.79 Å². The van der Waals surface area contributed by atoms with E-state index in [-0.39, 0.29) is 11.8 Å². The molecule has 3 nitrogen and oxygen atoms in total. The van der Waals surface area contributed by atoms with E-state index in [4.69, 9.17) is 0 Å². The summed E-state index contributed by atoms with van der Waals surface area (Å²) >= 11 is 0. The van der Waals surface area contributed by atoms with Crippen LogP contribution in [0.4, 0.5) is 0 Å². The topological polar surface area (TPSA) is 23.6 Å². The fraction of sp³-hybridized carbons (Fsp3) is 0.261. The number of carbonyl (C=O) groups excluding carboxylic acids is 1. The van der Waals surface area contributed by atoms with Crippen LogP contribution in [-0.4, -0.2) is 30.0 Å². The summed E-state index contributed by atoms with van der Waals surface area (Å²) in [7, 11) is 3.81. The Morgan fingerprint density at radius 2 is 1.50 bits per heavy atom. The van der Waals surface area contributed by atoms with Crippen LogP contribution < -0.4 is 0 Å². The summed E-state index contributed by atoms with van der Waals surface area (Å²) in [6.45, 7) is 4.05. The highest BCUT2D eigenvalue weighted by molar-refractivity contribution is 5.87. The molecule has 3 rings (SSSR count). The van der Waals surface area contributed by atoms with E-state index >= 15 is 0 Å².